The monoisotopic (exact) mass is 291 g/mol. The minimum absolute atomic E-state index is 0.0485. The van der Waals surface area contributed by atoms with Crippen LogP contribution in [0.4, 0.5) is 10.7 Å². The number of carbonyl (C=O) groups excluding carboxylic acids is 1. The van der Waals surface area contributed by atoms with Crippen LogP contribution in [0.3, 0.4) is 0 Å². The third kappa shape index (κ3) is 4.88. The summed E-state index contributed by atoms with van der Waals surface area (Å²) in [6.07, 6.45) is 5.69. The molecule has 1 saturated heterocycles. The first kappa shape index (κ1) is 15.5. The molecule has 0 aromatic carbocycles. The summed E-state index contributed by atoms with van der Waals surface area (Å²) < 4.78 is 0. The summed E-state index contributed by atoms with van der Waals surface area (Å²) in [6.45, 7) is 8.16. The normalized spacial score (nSPS) is 15.4. The van der Waals surface area contributed by atoms with Crippen molar-refractivity contribution in [3.63, 3.8) is 0 Å². The average molecular weight is 291 g/mol. The SMILES string of the molecule is CC(C)CCCNC(=O)N1CCN(c2ncccn2)CC1. The lowest BCUT2D eigenvalue weighted by atomic mass is 10.1. The first-order valence-electron chi connectivity index (χ1n) is 7.71. The van der Waals surface area contributed by atoms with E-state index in [-0.39, 0.29) is 6.03 Å². The fraction of sp³-hybridized carbons (Fsp3) is 0.667. The Balaban J connectivity index is 1.70. The van der Waals surface area contributed by atoms with Gasteiger partial charge in [0.05, 0.1) is 0 Å². The molecule has 0 spiro atoms. The number of piperazine rings is 1. The van der Waals surface area contributed by atoms with Gasteiger partial charge >= 0.3 is 6.03 Å². The second-order valence-electron chi connectivity index (χ2n) is 5.79. The first-order valence-corrected chi connectivity index (χ1v) is 7.71. The van der Waals surface area contributed by atoms with E-state index in [2.05, 4.69) is 34.0 Å². The molecule has 2 amide bonds. The van der Waals surface area contributed by atoms with Crippen molar-refractivity contribution in [2.75, 3.05) is 37.6 Å². The molecular weight excluding hydrogens is 266 g/mol. The number of nitrogens with one attached hydrogen (secondary N) is 1. The molecular formula is C15H25N5O. The van der Waals surface area contributed by atoms with Gasteiger partial charge < -0.3 is 15.1 Å². The Labute approximate surface area is 126 Å². The number of amides is 2. The van der Waals surface area contributed by atoms with E-state index in [4.69, 9.17) is 0 Å². The second-order valence-corrected chi connectivity index (χ2v) is 5.79. The molecule has 0 bridgehead atoms. The highest BCUT2D eigenvalue weighted by atomic mass is 16.2. The molecule has 0 aliphatic carbocycles. The van der Waals surface area contributed by atoms with Crippen molar-refractivity contribution in [1.82, 2.24) is 20.2 Å². The molecule has 1 aromatic rings. The van der Waals surface area contributed by atoms with Gasteiger partial charge in [-0.15, -0.1) is 0 Å². The number of nitrogens with zero attached hydrogens (tertiary/aromatic N) is 4. The molecule has 0 atom stereocenters. The van der Waals surface area contributed by atoms with Crippen LogP contribution in [-0.2, 0) is 0 Å². The molecule has 1 aliphatic heterocycles. The largest absolute Gasteiger partial charge is 0.338 e. The van der Waals surface area contributed by atoms with Crippen LogP contribution in [0.1, 0.15) is 26.7 Å². The van der Waals surface area contributed by atoms with Crippen LogP contribution >= 0.6 is 0 Å². The number of hydrogen-bond donors (Lipinski definition) is 1. The number of carbonyl (C=O) groups is 1. The van der Waals surface area contributed by atoms with Gasteiger partial charge in [-0.2, -0.15) is 0 Å². The predicted octanol–water partition coefficient (Wildman–Crippen LogP) is 1.74. The van der Waals surface area contributed by atoms with Crippen LogP contribution in [0.25, 0.3) is 0 Å². The third-order valence-corrected chi connectivity index (χ3v) is 3.64. The van der Waals surface area contributed by atoms with Crippen molar-refractivity contribution >= 4 is 12.0 Å². The van der Waals surface area contributed by atoms with Gasteiger partial charge in [0.1, 0.15) is 0 Å². The molecule has 1 fully saturated rings. The summed E-state index contributed by atoms with van der Waals surface area (Å²) >= 11 is 0. The topological polar surface area (TPSA) is 61.4 Å². The fourth-order valence-electron chi connectivity index (χ4n) is 2.38. The molecule has 6 heteroatoms. The van der Waals surface area contributed by atoms with Crippen LogP contribution in [0.2, 0.25) is 0 Å². The van der Waals surface area contributed by atoms with Crippen LogP contribution < -0.4 is 10.2 Å². The van der Waals surface area contributed by atoms with Gasteiger partial charge in [0.25, 0.3) is 0 Å². The van der Waals surface area contributed by atoms with E-state index >= 15 is 0 Å². The number of anilines is 1. The van der Waals surface area contributed by atoms with Crippen LogP contribution in [0.5, 0.6) is 0 Å². The summed E-state index contributed by atoms with van der Waals surface area (Å²) in [5.41, 5.74) is 0. The van der Waals surface area contributed by atoms with Crippen molar-refractivity contribution in [3.05, 3.63) is 18.5 Å². The van der Waals surface area contributed by atoms with Crippen molar-refractivity contribution in [1.29, 1.82) is 0 Å². The van der Waals surface area contributed by atoms with Gasteiger partial charge in [-0.1, -0.05) is 13.8 Å². The van der Waals surface area contributed by atoms with Crippen molar-refractivity contribution < 1.29 is 4.79 Å². The molecule has 1 aliphatic rings. The average Bonchev–Trinajstić information content (AvgIpc) is 2.52. The Bertz CT molecular complexity index is 429. The van der Waals surface area contributed by atoms with Crippen LogP contribution in [-0.4, -0.2) is 53.6 Å². The van der Waals surface area contributed by atoms with Crippen molar-refractivity contribution in [2.45, 2.75) is 26.7 Å². The van der Waals surface area contributed by atoms with Crippen molar-refractivity contribution in [2.24, 2.45) is 5.92 Å². The van der Waals surface area contributed by atoms with Crippen molar-refractivity contribution in [3.8, 4) is 0 Å². The zero-order valence-corrected chi connectivity index (χ0v) is 13.0. The smallest absolute Gasteiger partial charge is 0.317 e. The van der Waals surface area contributed by atoms with E-state index in [1.165, 1.54) is 0 Å². The Kier molecular flexibility index (Phi) is 5.78. The lowest BCUT2D eigenvalue weighted by Gasteiger charge is -2.34. The summed E-state index contributed by atoms with van der Waals surface area (Å²) in [7, 11) is 0. The molecule has 0 unspecified atom stereocenters. The van der Waals surface area contributed by atoms with E-state index in [9.17, 15) is 4.79 Å². The Morgan fingerprint density at radius 1 is 1.24 bits per heavy atom. The molecule has 1 aromatic heterocycles. The lowest BCUT2D eigenvalue weighted by molar-refractivity contribution is 0.194. The standard InChI is InChI=1S/C15H25N5O/c1-13(2)5-3-6-18-15(21)20-11-9-19(10-12-20)14-16-7-4-8-17-14/h4,7-8,13H,3,5-6,9-12H2,1-2H3,(H,18,21). The quantitative estimate of drug-likeness (QED) is 0.840. The van der Waals surface area contributed by atoms with Gasteiger partial charge in [-0.25, -0.2) is 14.8 Å². The molecule has 1 N–H and O–H groups in total. The maximum Gasteiger partial charge on any atom is 0.317 e. The molecule has 2 heterocycles. The highest BCUT2D eigenvalue weighted by Gasteiger charge is 2.21. The van der Waals surface area contributed by atoms with E-state index in [1.807, 2.05) is 11.0 Å². The molecule has 116 valence electrons. The minimum atomic E-state index is 0.0485. The number of urea groups is 1. The highest BCUT2D eigenvalue weighted by molar-refractivity contribution is 5.74. The molecule has 6 nitrogen and oxygen atoms in total. The number of hydrogen-bond acceptors (Lipinski definition) is 4. The number of rotatable bonds is 5. The Hall–Kier alpha value is -1.85. The van der Waals surface area contributed by atoms with E-state index in [1.54, 1.807) is 12.4 Å². The summed E-state index contributed by atoms with van der Waals surface area (Å²) in [5, 5.41) is 3.00. The lowest BCUT2D eigenvalue weighted by Crippen LogP contribution is -2.52. The molecule has 0 radical (unpaired) electrons. The molecule has 21 heavy (non-hydrogen) atoms. The third-order valence-electron chi connectivity index (χ3n) is 3.64. The summed E-state index contributed by atoms with van der Waals surface area (Å²) in [6, 6.07) is 1.86. The van der Waals surface area contributed by atoms with E-state index < -0.39 is 0 Å². The second kappa shape index (κ2) is 7.81. The summed E-state index contributed by atoms with van der Waals surface area (Å²) in [5.74, 6) is 1.44. The fourth-order valence-corrected chi connectivity index (χ4v) is 2.38. The van der Waals surface area contributed by atoms with Gasteiger partial charge in [0.2, 0.25) is 5.95 Å². The zero-order chi connectivity index (χ0) is 15.1. The van der Waals surface area contributed by atoms with Gasteiger partial charge in [-0.05, 0) is 24.8 Å². The van der Waals surface area contributed by atoms with Gasteiger partial charge in [0.15, 0.2) is 0 Å². The van der Waals surface area contributed by atoms with E-state index in [0.717, 1.165) is 38.4 Å². The van der Waals surface area contributed by atoms with Crippen LogP contribution in [0.15, 0.2) is 18.5 Å². The molecule has 0 saturated carbocycles. The number of aromatic nitrogens is 2. The van der Waals surface area contributed by atoms with Gasteiger partial charge in [0, 0.05) is 45.1 Å². The Morgan fingerprint density at radius 3 is 2.52 bits per heavy atom. The predicted molar refractivity (Wildman–Crippen MR) is 83.3 cm³/mol. The molecule has 2 rings (SSSR count). The van der Waals surface area contributed by atoms with Gasteiger partial charge in [-0.3, -0.25) is 0 Å². The zero-order valence-electron chi connectivity index (χ0n) is 13.0. The first-order chi connectivity index (χ1) is 10.2. The summed E-state index contributed by atoms with van der Waals surface area (Å²) in [4.78, 5) is 24.5. The Morgan fingerprint density at radius 2 is 1.90 bits per heavy atom. The van der Waals surface area contributed by atoms with E-state index in [0.29, 0.717) is 19.0 Å². The van der Waals surface area contributed by atoms with Crippen LogP contribution in [0, 0.1) is 5.92 Å². The maximum atomic E-state index is 12.1. The maximum absolute atomic E-state index is 12.1. The minimum Gasteiger partial charge on any atom is -0.338 e. The highest BCUT2D eigenvalue weighted by Crippen LogP contribution is 2.09.